The first-order chi connectivity index (χ1) is 12.5. The summed E-state index contributed by atoms with van der Waals surface area (Å²) in [4.78, 5) is 4.57. The summed E-state index contributed by atoms with van der Waals surface area (Å²) in [5, 5.41) is 10.4. The number of aryl methyl sites for hydroxylation is 4. The van der Waals surface area contributed by atoms with Gasteiger partial charge in [-0.15, -0.1) is 0 Å². The Labute approximate surface area is 159 Å². The Kier molecular flexibility index (Phi) is 5.84. The van der Waals surface area contributed by atoms with E-state index in [1.54, 1.807) is 0 Å². The zero-order valence-corrected chi connectivity index (χ0v) is 16.3. The van der Waals surface area contributed by atoms with E-state index in [4.69, 9.17) is 16.3 Å². The summed E-state index contributed by atoms with van der Waals surface area (Å²) in [5.74, 6) is 1.57. The van der Waals surface area contributed by atoms with Crippen molar-refractivity contribution in [3.63, 3.8) is 0 Å². The van der Waals surface area contributed by atoms with Crippen molar-refractivity contribution in [3.8, 4) is 5.75 Å². The third-order valence-corrected chi connectivity index (χ3v) is 5.18. The van der Waals surface area contributed by atoms with E-state index in [2.05, 4.69) is 35.5 Å². The molecule has 0 saturated carbocycles. The monoisotopic (exact) mass is 372 g/mol. The number of ether oxygens (including phenoxy) is 1. The number of unbranched alkanes of at least 4 members (excludes halogenated alkanes) is 1. The number of aliphatic hydroxyl groups is 1. The molecule has 0 atom stereocenters. The minimum Gasteiger partial charge on any atom is -0.494 e. The highest BCUT2D eigenvalue weighted by molar-refractivity contribution is 6.31. The number of fused-ring (bicyclic) bond motifs is 1. The van der Waals surface area contributed by atoms with Crippen LogP contribution < -0.4 is 4.74 Å². The Morgan fingerprint density at radius 1 is 1.04 bits per heavy atom. The highest BCUT2D eigenvalue weighted by Gasteiger charge is 2.11. The lowest BCUT2D eigenvalue weighted by Gasteiger charge is -2.10. The van der Waals surface area contributed by atoms with Gasteiger partial charge < -0.3 is 14.4 Å². The van der Waals surface area contributed by atoms with Crippen molar-refractivity contribution in [2.75, 3.05) is 6.61 Å². The highest BCUT2D eigenvalue weighted by atomic mass is 35.5. The molecule has 0 spiro atoms. The van der Waals surface area contributed by atoms with E-state index in [0.29, 0.717) is 6.61 Å². The van der Waals surface area contributed by atoms with Crippen molar-refractivity contribution >= 4 is 22.6 Å². The molecule has 0 radical (unpaired) electrons. The number of aromatic nitrogens is 2. The Morgan fingerprint density at radius 3 is 2.54 bits per heavy atom. The fourth-order valence-corrected chi connectivity index (χ4v) is 3.19. The summed E-state index contributed by atoms with van der Waals surface area (Å²) in [6, 6.07) is 9.96. The predicted molar refractivity (Wildman–Crippen MR) is 106 cm³/mol. The topological polar surface area (TPSA) is 47.3 Å². The average Bonchev–Trinajstić information content (AvgIpc) is 2.95. The van der Waals surface area contributed by atoms with Crippen LogP contribution >= 0.6 is 11.6 Å². The molecular formula is C21H25ClN2O2. The third kappa shape index (κ3) is 4.02. The molecule has 0 aliphatic rings. The van der Waals surface area contributed by atoms with Gasteiger partial charge in [0.25, 0.3) is 0 Å². The second-order valence-corrected chi connectivity index (χ2v) is 7.14. The Bertz CT molecular complexity index is 918. The second kappa shape index (κ2) is 8.11. The molecule has 1 aromatic heterocycles. The van der Waals surface area contributed by atoms with Crippen molar-refractivity contribution in [1.82, 2.24) is 9.55 Å². The van der Waals surface area contributed by atoms with Crippen molar-refractivity contribution < 1.29 is 9.84 Å². The number of nitrogens with zero attached hydrogens (tertiary/aromatic N) is 2. The first-order valence-corrected chi connectivity index (χ1v) is 9.33. The number of hydrogen-bond donors (Lipinski definition) is 1. The molecule has 0 aliphatic heterocycles. The zero-order valence-electron chi connectivity index (χ0n) is 15.6. The predicted octanol–water partition coefficient (Wildman–Crippen LogP) is 4.97. The van der Waals surface area contributed by atoms with Crippen LogP contribution in [0, 0.1) is 20.8 Å². The molecule has 0 unspecified atom stereocenters. The molecule has 0 aliphatic carbocycles. The van der Waals surface area contributed by atoms with E-state index in [9.17, 15) is 5.11 Å². The number of hydrogen-bond acceptors (Lipinski definition) is 3. The van der Waals surface area contributed by atoms with E-state index in [-0.39, 0.29) is 6.61 Å². The molecule has 0 fully saturated rings. The van der Waals surface area contributed by atoms with Crippen molar-refractivity contribution in [2.24, 2.45) is 0 Å². The molecule has 1 heterocycles. The first kappa shape index (κ1) is 18.7. The molecule has 26 heavy (non-hydrogen) atoms. The zero-order chi connectivity index (χ0) is 18.7. The normalized spacial score (nSPS) is 11.3. The SMILES string of the molecule is Cc1cc2nc(CO)n(CCCCOc3ccc(Cl)c(C)c3)c2cc1C. The van der Waals surface area contributed by atoms with Gasteiger partial charge in [0.2, 0.25) is 0 Å². The van der Waals surface area contributed by atoms with Crippen LogP contribution in [0.5, 0.6) is 5.75 Å². The number of aliphatic hydroxyl groups excluding tert-OH is 1. The first-order valence-electron chi connectivity index (χ1n) is 8.95. The number of rotatable bonds is 7. The fraction of sp³-hybridized carbons (Fsp3) is 0.381. The molecule has 3 rings (SSSR count). The molecule has 2 aromatic carbocycles. The molecule has 4 nitrogen and oxygen atoms in total. The molecule has 138 valence electrons. The van der Waals surface area contributed by atoms with Gasteiger partial charge in [-0.25, -0.2) is 4.98 Å². The van der Waals surface area contributed by atoms with Crippen LogP contribution in [0.1, 0.15) is 35.4 Å². The van der Waals surface area contributed by atoms with Crippen molar-refractivity contribution in [3.05, 3.63) is 57.9 Å². The van der Waals surface area contributed by atoms with Gasteiger partial charge in [0.05, 0.1) is 17.6 Å². The maximum absolute atomic E-state index is 9.64. The number of imidazole rings is 1. The van der Waals surface area contributed by atoms with Gasteiger partial charge in [-0.2, -0.15) is 0 Å². The third-order valence-electron chi connectivity index (χ3n) is 4.76. The highest BCUT2D eigenvalue weighted by Crippen LogP contribution is 2.23. The minimum absolute atomic E-state index is 0.0483. The summed E-state index contributed by atoms with van der Waals surface area (Å²) in [7, 11) is 0. The van der Waals surface area contributed by atoms with E-state index in [0.717, 1.165) is 52.6 Å². The molecule has 1 N–H and O–H groups in total. The van der Waals surface area contributed by atoms with Crippen LogP contribution in [0.4, 0.5) is 0 Å². The van der Waals surface area contributed by atoms with Crippen LogP contribution in [-0.4, -0.2) is 21.3 Å². The van der Waals surface area contributed by atoms with Crippen LogP contribution in [0.25, 0.3) is 11.0 Å². The largest absolute Gasteiger partial charge is 0.494 e. The van der Waals surface area contributed by atoms with Crippen molar-refractivity contribution in [1.29, 1.82) is 0 Å². The summed E-state index contributed by atoms with van der Waals surface area (Å²) in [5.41, 5.74) is 5.52. The van der Waals surface area contributed by atoms with Gasteiger partial charge in [-0.3, -0.25) is 0 Å². The Hall–Kier alpha value is -2.04. The Balaban J connectivity index is 1.60. The lowest BCUT2D eigenvalue weighted by atomic mass is 10.1. The standard InChI is InChI=1S/C21H25ClN2O2/c1-14-11-19-20(12-15(14)2)24(21(13-25)23-19)8-4-5-9-26-17-6-7-18(22)16(3)10-17/h6-7,10-12,25H,4-5,8-9,13H2,1-3H3. The van der Waals surface area contributed by atoms with E-state index < -0.39 is 0 Å². The molecular weight excluding hydrogens is 348 g/mol. The molecule has 0 saturated heterocycles. The lowest BCUT2D eigenvalue weighted by Crippen LogP contribution is -2.06. The molecule has 3 aromatic rings. The van der Waals surface area contributed by atoms with Crippen LogP contribution in [0.3, 0.4) is 0 Å². The smallest absolute Gasteiger partial charge is 0.135 e. The van der Waals surface area contributed by atoms with Crippen LogP contribution in [-0.2, 0) is 13.2 Å². The van der Waals surface area contributed by atoms with Gasteiger partial charge in [-0.1, -0.05) is 11.6 Å². The van der Waals surface area contributed by atoms with Crippen molar-refractivity contribution in [2.45, 2.75) is 46.8 Å². The van der Waals surface area contributed by atoms with Gasteiger partial charge in [0.15, 0.2) is 0 Å². The molecule has 0 amide bonds. The Morgan fingerprint density at radius 2 is 1.81 bits per heavy atom. The van der Waals surface area contributed by atoms with Crippen LogP contribution in [0.15, 0.2) is 30.3 Å². The van der Waals surface area contributed by atoms with Crippen LogP contribution in [0.2, 0.25) is 5.02 Å². The average molecular weight is 373 g/mol. The summed E-state index contributed by atoms with van der Waals surface area (Å²) >= 11 is 6.03. The van der Waals surface area contributed by atoms with Gasteiger partial charge in [0, 0.05) is 11.6 Å². The number of benzene rings is 2. The molecule has 0 bridgehead atoms. The van der Waals surface area contributed by atoms with Gasteiger partial charge >= 0.3 is 0 Å². The minimum atomic E-state index is -0.0483. The maximum atomic E-state index is 9.64. The van der Waals surface area contributed by atoms with E-state index in [1.807, 2.05) is 25.1 Å². The summed E-state index contributed by atoms with van der Waals surface area (Å²) < 4.78 is 7.93. The summed E-state index contributed by atoms with van der Waals surface area (Å²) in [6.07, 6.45) is 1.88. The number of halogens is 1. The second-order valence-electron chi connectivity index (χ2n) is 6.73. The molecule has 5 heteroatoms. The quantitative estimate of drug-likeness (QED) is 0.596. The summed E-state index contributed by atoms with van der Waals surface area (Å²) in [6.45, 7) is 7.58. The van der Waals surface area contributed by atoms with E-state index >= 15 is 0 Å². The lowest BCUT2D eigenvalue weighted by molar-refractivity contribution is 0.263. The fourth-order valence-electron chi connectivity index (χ4n) is 3.07. The van der Waals surface area contributed by atoms with Gasteiger partial charge in [0.1, 0.15) is 18.2 Å². The van der Waals surface area contributed by atoms with Gasteiger partial charge in [-0.05, 0) is 80.6 Å². The maximum Gasteiger partial charge on any atom is 0.135 e. The van der Waals surface area contributed by atoms with E-state index in [1.165, 1.54) is 11.1 Å².